The van der Waals surface area contributed by atoms with Gasteiger partial charge < -0.3 is 10.1 Å². The standard InChI is InChI=1S/C21H23N3O3S/c1-14-5-7-17(8-6-14)23-21-10-9-18(13-22-21)24-28(25,26)20-12-16(3)15(2)11-19(20)27-4/h5-13,24H,1-4H3,(H,22,23). The first-order chi connectivity index (χ1) is 13.3. The molecule has 3 rings (SSSR count). The highest BCUT2D eigenvalue weighted by molar-refractivity contribution is 7.92. The Morgan fingerprint density at radius 2 is 1.54 bits per heavy atom. The van der Waals surface area contributed by atoms with Gasteiger partial charge in [-0.05, 0) is 68.3 Å². The van der Waals surface area contributed by atoms with Gasteiger partial charge in [-0.2, -0.15) is 0 Å². The summed E-state index contributed by atoms with van der Waals surface area (Å²) >= 11 is 0. The Morgan fingerprint density at radius 1 is 0.893 bits per heavy atom. The van der Waals surface area contributed by atoms with Crippen molar-refractivity contribution in [3.8, 4) is 5.75 Å². The highest BCUT2D eigenvalue weighted by Crippen LogP contribution is 2.29. The quantitative estimate of drug-likeness (QED) is 0.637. The average molecular weight is 398 g/mol. The van der Waals surface area contributed by atoms with Crippen LogP contribution < -0.4 is 14.8 Å². The Balaban J connectivity index is 1.79. The van der Waals surface area contributed by atoms with E-state index in [-0.39, 0.29) is 4.90 Å². The lowest BCUT2D eigenvalue weighted by Crippen LogP contribution is -2.15. The molecule has 0 spiro atoms. The number of anilines is 3. The topological polar surface area (TPSA) is 80.3 Å². The second-order valence-corrected chi connectivity index (χ2v) is 8.27. The fourth-order valence-corrected chi connectivity index (χ4v) is 3.94. The van der Waals surface area contributed by atoms with E-state index in [1.54, 1.807) is 24.3 Å². The molecule has 2 N–H and O–H groups in total. The summed E-state index contributed by atoms with van der Waals surface area (Å²) in [4.78, 5) is 4.38. The van der Waals surface area contributed by atoms with Gasteiger partial charge in [-0.3, -0.25) is 4.72 Å². The van der Waals surface area contributed by atoms with Crippen LogP contribution in [0.25, 0.3) is 0 Å². The highest BCUT2D eigenvalue weighted by Gasteiger charge is 2.21. The molecule has 7 heteroatoms. The van der Waals surface area contributed by atoms with Gasteiger partial charge in [-0.15, -0.1) is 0 Å². The summed E-state index contributed by atoms with van der Waals surface area (Å²) < 4.78 is 33.4. The van der Waals surface area contributed by atoms with Crippen molar-refractivity contribution in [2.24, 2.45) is 0 Å². The van der Waals surface area contributed by atoms with Gasteiger partial charge in [0, 0.05) is 5.69 Å². The van der Waals surface area contributed by atoms with E-state index in [4.69, 9.17) is 4.74 Å². The second kappa shape index (κ2) is 7.90. The molecule has 0 saturated heterocycles. The molecule has 6 nitrogen and oxygen atoms in total. The first-order valence-corrected chi connectivity index (χ1v) is 10.2. The smallest absolute Gasteiger partial charge is 0.265 e. The van der Waals surface area contributed by atoms with E-state index in [2.05, 4.69) is 15.0 Å². The number of methoxy groups -OCH3 is 1. The molecule has 0 aliphatic carbocycles. The Hall–Kier alpha value is -3.06. The lowest BCUT2D eigenvalue weighted by atomic mass is 10.1. The zero-order valence-electron chi connectivity index (χ0n) is 16.3. The van der Waals surface area contributed by atoms with Gasteiger partial charge in [0.25, 0.3) is 10.0 Å². The normalized spacial score (nSPS) is 11.1. The van der Waals surface area contributed by atoms with E-state index in [1.807, 2.05) is 45.0 Å². The molecule has 0 aliphatic rings. The Kier molecular flexibility index (Phi) is 5.56. The maximum Gasteiger partial charge on any atom is 0.265 e. The largest absolute Gasteiger partial charge is 0.495 e. The first-order valence-electron chi connectivity index (χ1n) is 8.76. The van der Waals surface area contributed by atoms with Gasteiger partial charge in [0.2, 0.25) is 0 Å². The van der Waals surface area contributed by atoms with E-state index in [1.165, 1.54) is 18.9 Å². The summed E-state index contributed by atoms with van der Waals surface area (Å²) in [6.07, 6.45) is 1.47. The predicted octanol–water partition coefficient (Wildman–Crippen LogP) is 4.56. The summed E-state index contributed by atoms with van der Waals surface area (Å²) in [6, 6.07) is 14.6. The second-order valence-electron chi connectivity index (χ2n) is 6.62. The van der Waals surface area contributed by atoms with Crippen LogP contribution in [0.1, 0.15) is 16.7 Å². The number of nitrogens with zero attached hydrogens (tertiary/aromatic N) is 1. The van der Waals surface area contributed by atoms with Gasteiger partial charge in [0.05, 0.1) is 19.0 Å². The molecule has 0 amide bonds. The van der Waals surface area contributed by atoms with Crippen LogP contribution >= 0.6 is 0 Å². The molecule has 3 aromatic rings. The van der Waals surface area contributed by atoms with Crippen molar-refractivity contribution in [3.05, 3.63) is 71.4 Å². The van der Waals surface area contributed by atoms with E-state index in [0.29, 0.717) is 17.3 Å². The zero-order chi connectivity index (χ0) is 20.3. The first kappa shape index (κ1) is 19.7. The van der Waals surface area contributed by atoms with Crippen LogP contribution in [0.3, 0.4) is 0 Å². The molecule has 0 atom stereocenters. The predicted molar refractivity (Wildman–Crippen MR) is 112 cm³/mol. The molecule has 0 unspecified atom stereocenters. The monoisotopic (exact) mass is 397 g/mol. The molecular formula is C21H23N3O3S. The minimum absolute atomic E-state index is 0.0972. The minimum atomic E-state index is -3.81. The number of aryl methyl sites for hydroxylation is 3. The molecule has 146 valence electrons. The van der Waals surface area contributed by atoms with Crippen molar-refractivity contribution < 1.29 is 13.2 Å². The van der Waals surface area contributed by atoms with Crippen molar-refractivity contribution in [1.29, 1.82) is 0 Å². The van der Waals surface area contributed by atoms with Crippen LogP contribution in [0.15, 0.2) is 59.6 Å². The molecule has 2 aromatic carbocycles. The van der Waals surface area contributed by atoms with Gasteiger partial charge in [-0.25, -0.2) is 13.4 Å². The number of ether oxygens (including phenoxy) is 1. The van der Waals surface area contributed by atoms with Crippen LogP contribution in [0.4, 0.5) is 17.2 Å². The summed E-state index contributed by atoms with van der Waals surface area (Å²) in [5, 5.41) is 3.18. The number of aromatic nitrogens is 1. The third-order valence-corrected chi connectivity index (χ3v) is 5.81. The van der Waals surface area contributed by atoms with Crippen LogP contribution in [-0.4, -0.2) is 20.5 Å². The fourth-order valence-electron chi connectivity index (χ4n) is 2.66. The fraction of sp³-hybridized carbons (Fsp3) is 0.190. The number of hydrogen-bond acceptors (Lipinski definition) is 5. The Labute approximate surface area is 165 Å². The lowest BCUT2D eigenvalue weighted by Gasteiger charge is -2.14. The minimum Gasteiger partial charge on any atom is -0.495 e. The number of hydrogen-bond donors (Lipinski definition) is 2. The van der Waals surface area contributed by atoms with Crippen molar-refractivity contribution in [2.75, 3.05) is 17.1 Å². The maximum absolute atomic E-state index is 12.8. The van der Waals surface area contributed by atoms with Crippen LogP contribution in [0, 0.1) is 20.8 Å². The Morgan fingerprint density at radius 3 is 2.14 bits per heavy atom. The maximum atomic E-state index is 12.8. The third kappa shape index (κ3) is 4.43. The summed E-state index contributed by atoms with van der Waals surface area (Å²) in [7, 11) is -2.35. The molecule has 0 radical (unpaired) electrons. The van der Waals surface area contributed by atoms with Gasteiger partial charge >= 0.3 is 0 Å². The number of pyridine rings is 1. The van der Waals surface area contributed by atoms with Gasteiger partial charge in [0.1, 0.15) is 16.5 Å². The number of rotatable bonds is 6. The van der Waals surface area contributed by atoms with Crippen LogP contribution in [-0.2, 0) is 10.0 Å². The summed E-state index contributed by atoms with van der Waals surface area (Å²) in [5.74, 6) is 0.928. The van der Waals surface area contributed by atoms with Gasteiger partial charge in [0.15, 0.2) is 0 Å². The molecule has 0 aliphatic heterocycles. The molecule has 0 fully saturated rings. The number of nitrogens with one attached hydrogen (secondary N) is 2. The zero-order valence-corrected chi connectivity index (χ0v) is 17.1. The third-order valence-electron chi connectivity index (χ3n) is 4.41. The summed E-state index contributed by atoms with van der Waals surface area (Å²) in [5.41, 5.74) is 4.28. The molecule has 1 heterocycles. The average Bonchev–Trinajstić information content (AvgIpc) is 2.66. The number of benzene rings is 2. The Bertz CT molecular complexity index is 1080. The van der Waals surface area contributed by atoms with Crippen molar-refractivity contribution in [3.63, 3.8) is 0 Å². The van der Waals surface area contributed by atoms with E-state index in [0.717, 1.165) is 16.8 Å². The highest BCUT2D eigenvalue weighted by atomic mass is 32.2. The number of sulfonamides is 1. The summed E-state index contributed by atoms with van der Waals surface area (Å²) in [6.45, 7) is 5.79. The van der Waals surface area contributed by atoms with Crippen molar-refractivity contribution >= 4 is 27.2 Å². The van der Waals surface area contributed by atoms with Crippen molar-refractivity contribution in [1.82, 2.24) is 4.98 Å². The molecule has 28 heavy (non-hydrogen) atoms. The van der Waals surface area contributed by atoms with Crippen LogP contribution in [0.2, 0.25) is 0 Å². The molecule has 0 saturated carbocycles. The molecular weight excluding hydrogens is 374 g/mol. The van der Waals surface area contributed by atoms with Crippen LogP contribution in [0.5, 0.6) is 5.75 Å². The van der Waals surface area contributed by atoms with E-state index in [9.17, 15) is 8.42 Å². The van der Waals surface area contributed by atoms with Gasteiger partial charge in [-0.1, -0.05) is 17.7 Å². The molecule has 0 bridgehead atoms. The van der Waals surface area contributed by atoms with Crippen molar-refractivity contribution in [2.45, 2.75) is 25.7 Å². The van der Waals surface area contributed by atoms with E-state index >= 15 is 0 Å². The SMILES string of the molecule is COc1cc(C)c(C)cc1S(=O)(=O)Nc1ccc(Nc2ccc(C)cc2)nc1. The van der Waals surface area contributed by atoms with E-state index < -0.39 is 10.0 Å². The lowest BCUT2D eigenvalue weighted by molar-refractivity contribution is 0.402. The molecule has 1 aromatic heterocycles.